The van der Waals surface area contributed by atoms with Crippen LogP contribution in [0.4, 0.5) is 0 Å². The zero-order chi connectivity index (χ0) is 12.3. The topological polar surface area (TPSA) is 77.2 Å². The largest absolute Gasteiger partial charge is 0.294 e. The van der Waals surface area contributed by atoms with Crippen LogP contribution >= 0.6 is 11.6 Å². The van der Waals surface area contributed by atoms with Gasteiger partial charge in [-0.15, -0.1) is 0 Å². The molecule has 0 aliphatic rings. The number of sulfonamides is 1. The number of ketones is 1. The lowest BCUT2D eigenvalue weighted by molar-refractivity contribution is 0.0981. The van der Waals surface area contributed by atoms with Gasteiger partial charge in [0.05, 0.1) is 5.02 Å². The van der Waals surface area contributed by atoms with E-state index in [2.05, 4.69) is 0 Å². The van der Waals surface area contributed by atoms with Crippen LogP contribution in [-0.4, -0.2) is 14.2 Å². The van der Waals surface area contributed by atoms with Gasteiger partial charge in [-0.1, -0.05) is 18.5 Å². The molecule has 0 fully saturated rings. The summed E-state index contributed by atoms with van der Waals surface area (Å²) >= 11 is 5.69. The molecule has 0 unspecified atom stereocenters. The Kier molecular flexibility index (Phi) is 4.07. The molecule has 0 bridgehead atoms. The number of Topliss-reactive ketones (excluding diaryl/α,β-unsaturated/α-hetero) is 1. The standard InChI is InChI=1S/C10H12ClNO3S/c1-2-3-9(13)7-4-5-8(11)10(6-7)16(12,14)15/h4-6H,2-3H2,1H3,(H2,12,14,15). The average Bonchev–Trinajstić information content (AvgIpc) is 2.16. The zero-order valence-corrected chi connectivity index (χ0v) is 10.3. The molecular weight excluding hydrogens is 250 g/mol. The van der Waals surface area contributed by atoms with Gasteiger partial charge in [0.1, 0.15) is 4.90 Å². The van der Waals surface area contributed by atoms with Crippen LogP contribution in [0.5, 0.6) is 0 Å². The summed E-state index contributed by atoms with van der Waals surface area (Å²) in [5.74, 6) is -0.121. The third-order valence-electron chi connectivity index (χ3n) is 2.04. The van der Waals surface area contributed by atoms with Gasteiger partial charge in [0, 0.05) is 12.0 Å². The number of nitrogens with two attached hydrogens (primary N) is 1. The maximum Gasteiger partial charge on any atom is 0.239 e. The number of carbonyl (C=O) groups excluding carboxylic acids is 1. The second-order valence-electron chi connectivity index (χ2n) is 3.36. The lowest BCUT2D eigenvalue weighted by Crippen LogP contribution is -2.13. The molecule has 1 aromatic rings. The van der Waals surface area contributed by atoms with Crippen molar-refractivity contribution in [1.29, 1.82) is 0 Å². The first-order valence-corrected chi connectivity index (χ1v) is 6.64. The molecule has 0 atom stereocenters. The van der Waals surface area contributed by atoms with E-state index in [0.717, 1.165) is 0 Å². The molecule has 0 saturated carbocycles. The van der Waals surface area contributed by atoms with Crippen molar-refractivity contribution in [1.82, 2.24) is 0 Å². The normalized spacial score (nSPS) is 11.4. The first-order valence-electron chi connectivity index (χ1n) is 4.71. The lowest BCUT2D eigenvalue weighted by Gasteiger charge is -2.04. The van der Waals surface area contributed by atoms with Gasteiger partial charge in [0.15, 0.2) is 5.78 Å². The van der Waals surface area contributed by atoms with Crippen LogP contribution < -0.4 is 5.14 Å². The average molecular weight is 262 g/mol. The monoisotopic (exact) mass is 261 g/mol. The Morgan fingerprint density at radius 2 is 2.06 bits per heavy atom. The van der Waals surface area contributed by atoms with Gasteiger partial charge in [-0.2, -0.15) is 0 Å². The first kappa shape index (κ1) is 13.2. The summed E-state index contributed by atoms with van der Waals surface area (Å²) in [5, 5.41) is 5.00. The van der Waals surface area contributed by atoms with Crippen molar-refractivity contribution in [3.05, 3.63) is 28.8 Å². The Morgan fingerprint density at radius 3 is 2.56 bits per heavy atom. The fraction of sp³-hybridized carbons (Fsp3) is 0.300. The van der Waals surface area contributed by atoms with Crippen LogP contribution in [0.2, 0.25) is 5.02 Å². The summed E-state index contributed by atoms with van der Waals surface area (Å²) in [6.45, 7) is 1.87. The number of carbonyl (C=O) groups is 1. The van der Waals surface area contributed by atoms with Crippen molar-refractivity contribution in [2.45, 2.75) is 24.7 Å². The van der Waals surface area contributed by atoms with Crippen LogP contribution in [0.1, 0.15) is 30.1 Å². The maximum atomic E-state index is 11.6. The molecule has 0 radical (unpaired) electrons. The zero-order valence-electron chi connectivity index (χ0n) is 8.73. The Labute approximate surface area is 99.5 Å². The third kappa shape index (κ3) is 3.04. The van der Waals surface area contributed by atoms with Gasteiger partial charge in [0.2, 0.25) is 10.0 Å². The van der Waals surface area contributed by atoms with Gasteiger partial charge in [-0.25, -0.2) is 13.6 Å². The van der Waals surface area contributed by atoms with Gasteiger partial charge in [-0.05, 0) is 24.6 Å². The quantitative estimate of drug-likeness (QED) is 0.842. The molecule has 4 nitrogen and oxygen atoms in total. The molecule has 16 heavy (non-hydrogen) atoms. The van der Waals surface area contributed by atoms with E-state index in [0.29, 0.717) is 18.4 Å². The lowest BCUT2D eigenvalue weighted by atomic mass is 10.1. The summed E-state index contributed by atoms with van der Waals surface area (Å²) < 4.78 is 22.3. The number of primary sulfonamides is 1. The summed E-state index contributed by atoms with van der Waals surface area (Å²) in [6, 6.07) is 4.08. The summed E-state index contributed by atoms with van der Waals surface area (Å²) in [4.78, 5) is 11.3. The summed E-state index contributed by atoms with van der Waals surface area (Å²) in [7, 11) is -3.89. The van der Waals surface area contributed by atoms with E-state index in [9.17, 15) is 13.2 Å². The molecule has 88 valence electrons. The highest BCUT2D eigenvalue weighted by Gasteiger charge is 2.15. The summed E-state index contributed by atoms with van der Waals surface area (Å²) in [6.07, 6.45) is 1.07. The molecule has 0 amide bonds. The van der Waals surface area contributed by atoms with Crippen molar-refractivity contribution in [2.75, 3.05) is 0 Å². The minimum atomic E-state index is -3.89. The molecule has 2 N–H and O–H groups in total. The number of halogens is 1. The van der Waals surface area contributed by atoms with Crippen LogP contribution in [0, 0.1) is 0 Å². The predicted molar refractivity (Wildman–Crippen MR) is 62.1 cm³/mol. The van der Waals surface area contributed by atoms with E-state index >= 15 is 0 Å². The van der Waals surface area contributed by atoms with Gasteiger partial charge < -0.3 is 0 Å². The highest BCUT2D eigenvalue weighted by molar-refractivity contribution is 7.89. The highest BCUT2D eigenvalue weighted by Crippen LogP contribution is 2.22. The van der Waals surface area contributed by atoms with Crippen molar-refractivity contribution in [2.24, 2.45) is 5.14 Å². The van der Waals surface area contributed by atoms with Crippen LogP contribution in [0.25, 0.3) is 0 Å². The maximum absolute atomic E-state index is 11.6. The molecular formula is C10H12ClNO3S. The van der Waals surface area contributed by atoms with Crippen LogP contribution in [-0.2, 0) is 10.0 Å². The second-order valence-corrected chi connectivity index (χ2v) is 5.30. The van der Waals surface area contributed by atoms with E-state index < -0.39 is 10.0 Å². The van der Waals surface area contributed by atoms with E-state index in [1.165, 1.54) is 18.2 Å². The summed E-state index contributed by atoms with van der Waals surface area (Å²) in [5.41, 5.74) is 0.315. The second kappa shape index (κ2) is 4.95. The minimum Gasteiger partial charge on any atom is -0.294 e. The van der Waals surface area contributed by atoms with Crippen molar-refractivity contribution in [3.8, 4) is 0 Å². The molecule has 6 heteroatoms. The highest BCUT2D eigenvalue weighted by atomic mass is 35.5. The number of benzene rings is 1. The molecule has 0 saturated heterocycles. The molecule has 1 aromatic carbocycles. The molecule has 0 spiro atoms. The van der Waals surface area contributed by atoms with E-state index in [-0.39, 0.29) is 15.7 Å². The van der Waals surface area contributed by atoms with E-state index in [4.69, 9.17) is 16.7 Å². The molecule has 1 rings (SSSR count). The van der Waals surface area contributed by atoms with Gasteiger partial charge in [0.25, 0.3) is 0 Å². The number of rotatable bonds is 4. The Morgan fingerprint density at radius 1 is 1.44 bits per heavy atom. The Hall–Kier alpha value is -0.910. The fourth-order valence-electron chi connectivity index (χ4n) is 1.27. The number of hydrogen-bond acceptors (Lipinski definition) is 3. The van der Waals surface area contributed by atoms with Crippen molar-refractivity contribution >= 4 is 27.4 Å². The molecule has 0 heterocycles. The van der Waals surface area contributed by atoms with Crippen LogP contribution in [0.15, 0.2) is 23.1 Å². The van der Waals surface area contributed by atoms with E-state index in [1.807, 2.05) is 6.92 Å². The molecule has 0 aromatic heterocycles. The Bertz CT molecular complexity index is 511. The van der Waals surface area contributed by atoms with Crippen LogP contribution in [0.3, 0.4) is 0 Å². The van der Waals surface area contributed by atoms with Crippen molar-refractivity contribution in [3.63, 3.8) is 0 Å². The number of hydrogen-bond donors (Lipinski definition) is 1. The first-order chi connectivity index (χ1) is 7.36. The third-order valence-corrected chi connectivity index (χ3v) is 3.43. The SMILES string of the molecule is CCCC(=O)c1ccc(Cl)c(S(N)(=O)=O)c1. The predicted octanol–water partition coefficient (Wildman–Crippen LogP) is 1.97. The fourth-order valence-corrected chi connectivity index (χ4v) is 2.34. The van der Waals surface area contributed by atoms with Crippen molar-refractivity contribution < 1.29 is 13.2 Å². The smallest absolute Gasteiger partial charge is 0.239 e. The molecule has 0 aliphatic carbocycles. The van der Waals surface area contributed by atoms with Gasteiger partial charge in [-0.3, -0.25) is 4.79 Å². The Balaban J connectivity index is 3.23. The van der Waals surface area contributed by atoms with E-state index in [1.54, 1.807) is 0 Å². The minimum absolute atomic E-state index is 0.0237. The van der Waals surface area contributed by atoms with Gasteiger partial charge >= 0.3 is 0 Å². The molecule has 0 aliphatic heterocycles.